The van der Waals surface area contributed by atoms with E-state index < -0.39 is 0 Å². The number of terminal acetylenes is 1. The predicted octanol–water partition coefficient (Wildman–Crippen LogP) is 0.921. The lowest BCUT2D eigenvalue weighted by molar-refractivity contribution is 0.330. The molecule has 3 nitrogen and oxygen atoms in total. The van der Waals surface area contributed by atoms with Crippen LogP contribution in [0.25, 0.3) is 5.70 Å². The van der Waals surface area contributed by atoms with E-state index in [0.717, 1.165) is 16.8 Å². The van der Waals surface area contributed by atoms with Gasteiger partial charge in [-0.2, -0.15) is 0 Å². The molecule has 70 valence electrons. The topological polar surface area (TPSA) is 27.3 Å². The van der Waals surface area contributed by atoms with Gasteiger partial charge >= 0.3 is 0 Å². The molecule has 1 aromatic carbocycles. The highest BCUT2D eigenvalue weighted by molar-refractivity contribution is 5.64. The lowest BCUT2D eigenvalue weighted by atomic mass is 10.1. The Balaban J connectivity index is 2.26. The summed E-state index contributed by atoms with van der Waals surface area (Å²) >= 11 is 0. The third-order valence-electron chi connectivity index (χ3n) is 2.05. The SMILES string of the molecule is C#Cc1ccc(C2=CN(C)NN2)cc1. The molecule has 3 heteroatoms. The third kappa shape index (κ3) is 1.56. The summed E-state index contributed by atoms with van der Waals surface area (Å²) in [5, 5.41) is 1.85. The van der Waals surface area contributed by atoms with Crippen LogP contribution < -0.4 is 11.0 Å². The van der Waals surface area contributed by atoms with Crippen LogP contribution in [0.4, 0.5) is 0 Å². The van der Waals surface area contributed by atoms with Gasteiger partial charge in [-0.3, -0.25) is 5.01 Å². The zero-order valence-electron chi connectivity index (χ0n) is 7.91. The van der Waals surface area contributed by atoms with Crippen LogP contribution in [0.1, 0.15) is 11.1 Å². The Morgan fingerprint density at radius 1 is 1.29 bits per heavy atom. The molecule has 0 aliphatic carbocycles. The molecule has 0 unspecified atom stereocenters. The minimum Gasteiger partial charge on any atom is -0.302 e. The van der Waals surface area contributed by atoms with Crippen molar-refractivity contribution in [2.45, 2.75) is 0 Å². The lowest BCUT2D eigenvalue weighted by Crippen LogP contribution is -2.33. The minimum absolute atomic E-state index is 0.897. The van der Waals surface area contributed by atoms with Crippen molar-refractivity contribution in [3.63, 3.8) is 0 Å². The maximum absolute atomic E-state index is 5.27. The Bertz CT molecular complexity index is 398. The highest BCUT2D eigenvalue weighted by Gasteiger charge is 2.08. The molecule has 14 heavy (non-hydrogen) atoms. The van der Waals surface area contributed by atoms with E-state index in [1.807, 2.05) is 42.5 Å². The second-order valence-electron chi connectivity index (χ2n) is 3.11. The van der Waals surface area contributed by atoms with E-state index in [1.165, 1.54) is 0 Å². The highest BCUT2D eigenvalue weighted by atomic mass is 15.7. The van der Waals surface area contributed by atoms with Crippen LogP contribution in [0.15, 0.2) is 30.5 Å². The van der Waals surface area contributed by atoms with Crippen LogP contribution in [0.2, 0.25) is 0 Å². The van der Waals surface area contributed by atoms with Crippen molar-refractivity contribution in [1.82, 2.24) is 16.0 Å². The number of hydrogen-bond donors (Lipinski definition) is 2. The predicted molar refractivity (Wildman–Crippen MR) is 56.4 cm³/mol. The number of benzene rings is 1. The minimum atomic E-state index is 0.897. The van der Waals surface area contributed by atoms with E-state index in [4.69, 9.17) is 6.42 Å². The fourth-order valence-electron chi connectivity index (χ4n) is 1.30. The standard InChI is InChI=1S/C11H11N3/c1-3-9-4-6-10(7-5-9)11-8-14(2)13-12-11/h1,4-8,12-13H,2H3. The molecule has 0 aromatic heterocycles. The maximum Gasteiger partial charge on any atom is 0.0751 e. The van der Waals surface area contributed by atoms with Crippen LogP contribution in [-0.2, 0) is 0 Å². The second-order valence-corrected chi connectivity index (χ2v) is 3.11. The summed E-state index contributed by atoms with van der Waals surface area (Å²) < 4.78 is 0. The molecule has 0 radical (unpaired) electrons. The van der Waals surface area contributed by atoms with E-state index in [1.54, 1.807) is 0 Å². The summed E-state index contributed by atoms with van der Waals surface area (Å²) in [5.74, 6) is 2.59. The Morgan fingerprint density at radius 3 is 2.50 bits per heavy atom. The zero-order valence-corrected chi connectivity index (χ0v) is 7.91. The molecule has 0 bridgehead atoms. The normalized spacial score (nSPS) is 14.6. The average molecular weight is 185 g/mol. The molecule has 1 aromatic rings. The van der Waals surface area contributed by atoms with Gasteiger partial charge in [0.15, 0.2) is 0 Å². The van der Waals surface area contributed by atoms with Crippen molar-refractivity contribution in [1.29, 1.82) is 0 Å². The van der Waals surface area contributed by atoms with Gasteiger partial charge in [-0.15, -0.1) is 12.0 Å². The first kappa shape index (κ1) is 8.67. The third-order valence-corrected chi connectivity index (χ3v) is 2.05. The first-order valence-corrected chi connectivity index (χ1v) is 4.33. The van der Waals surface area contributed by atoms with Crippen molar-refractivity contribution >= 4 is 5.70 Å². The number of hydrazine groups is 2. The second kappa shape index (κ2) is 3.44. The first-order chi connectivity index (χ1) is 6.79. The van der Waals surface area contributed by atoms with E-state index >= 15 is 0 Å². The van der Waals surface area contributed by atoms with Gasteiger partial charge in [0.25, 0.3) is 0 Å². The number of nitrogens with zero attached hydrogens (tertiary/aromatic N) is 1. The lowest BCUT2D eigenvalue weighted by Gasteiger charge is -2.05. The van der Waals surface area contributed by atoms with Gasteiger partial charge in [0.1, 0.15) is 0 Å². The Morgan fingerprint density at radius 2 is 2.00 bits per heavy atom. The van der Waals surface area contributed by atoms with Crippen LogP contribution in [-0.4, -0.2) is 12.1 Å². The molecular weight excluding hydrogens is 174 g/mol. The van der Waals surface area contributed by atoms with Crippen molar-refractivity contribution in [3.8, 4) is 12.3 Å². The monoisotopic (exact) mass is 185 g/mol. The highest BCUT2D eigenvalue weighted by Crippen LogP contribution is 2.14. The smallest absolute Gasteiger partial charge is 0.0751 e. The fourth-order valence-corrected chi connectivity index (χ4v) is 1.30. The number of hydrogen-bond acceptors (Lipinski definition) is 3. The van der Waals surface area contributed by atoms with Gasteiger partial charge in [-0.05, 0) is 12.1 Å². The Kier molecular flexibility index (Phi) is 2.13. The summed E-state index contributed by atoms with van der Waals surface area (Å²) in [4.78, 5) is 0. The Labute approximate surface area is 83.4 Å². The van der Waals surface area contributed by atoms with E-state index in [9.17, 15) is 0 Å². The molecule has 0 spiro atoms. The first-order valence-electron chi connectivity index (χ1n) is 4.33. The van der Waals surface area contributed by atoms with Crippen LogP contribution >= 0.6 is 0 Å². The van der Waals surface area contributed by atoms with Gasteiger partial charge < -0.3 is 5.43 Å². The average Bonchev–Trinajstić information content (AvgIpc) is 2.65. The van der Waals surface area contributed by atoms with Gasteiger partial charge in [0.2, 0.25) is 0 Å². The molecule has 1 aliphatic heterocycles. The number of rotatable bonds is 1. The summed E-state index contributed by atoms with van der Waals surface area (Å²) in [6.07, 6.45) is 7.25. The summed E-state index contributed by atoms with van der Waals surface area (Å²) in [6, 6.07) is 7.84. The maximum atomic E-state index is 5.27. The molecule has 2 rings (SSSR count). The fraction of sp³-hybridized carbons (Fsp3) is 0.0909. The quantitative estimate of drug-likeness (QED) is 0.637. The van der Waals surface area contributed by atoms with Gasteiger partial charge in [0, 0.05) is 24.4 Å². The van der Waals surface area contributed by atoms with Crippen LogP contribution in [0.3, 0.4) is 0 Å². The number of nitrogens with one attached hydrogen (secondary N) is 2. The van der Waals surface area contributed by atoms with E-state index in [0.29, 0.717) is 0 Å². The van der Waals surface area contributed by atoms with Crippen LogP contribution in [0.5, 0.6) is 0 Å². The van der Waals surface area contributed by atoms with E-state index in [2.05, 4.69) is 16.9 Å². The van der Waals surface area contributed by atoms with Crippen molar-refractivity contribution < 1.29 is 0 Å². The molecule has 2 N–H and O–H groups in total. The van der Waals surface area contributed by atoms with Gasteiger partial charge in [0.05, 0.1) is 5.70 Å². The van der Waals surface area contributed by atoms with Crippen molar-refractivity contribution in [3.05, 3.63) is 41.6 Å². The molecule has 0 atom stereocenters. The van der Waals surface area contributed by atoms with Gasteiger partial charge in [-0.25, -0.2) is 0 Å². The molecular formula is C11H11N3. The molecule has 1 aliphatic rings. The summed E-state index contributed by atoms with van der Waals surface area (Å²) in [5.41, 5.74) is 9.04. The van der Waals surface area contributed by atoms with E-state index in [-0.39, 0.29) is 0 Å². The molecule has 1 heterocycles. The van der Waals surface area contributed by atoms with Crippen molar-refractivity contribution in [2.75, 3.05) is 7.05 Å². The largest absolute Gasteiger partial charge is 0.302 e. The molecule has 0 saturated heterocycles. The van der Waals surface area contributed by atoms with Gasteiger partial charge in [-0.1, -0.05) is 18.1 Å². The Hall–Kier alpha value is -1.92. The summed E-state index contributed by atoms with van der Waals surface area (Å²) in [7, 11) is 1.93. The summed E-state index contributed by atoms with van der Waals surface area (Å²) in [6.45, 7) is 0. The zero-order chi connectivity index (χ0) is 9.97. The molecule has 0 saturated carbocycles. The molecule has 0 fully saturated rings. The van der Waals surface area contributed by atoms with Crippen molar-refractivity contribution in [2.24, 2.45) is 0 Å². The molecule has 0 amide bonds. The van der Waals surface area contributed by atoms with Crippen LogP contribution in [0, 0.1) is 12.3 Å².